The summed E-state index contributed by atoms with van der Waals surface area (Å²) in [5, 5.41) is 9.28. The van der Waals surface area contributed by atoms with Crippen LogP contribution in [-0.2, 0) is 16.0 Å². The number of ether oxygens (including phenoxy) is 3. The second-order valence-electron chi connectivity index (χ2n) is 8.48. The van der Waals surface area contributed by atoms with Gasteiger partial charge in [0.05, 0.1) is 13.2 Å². The van der Waals surface area contributed by atoms with E-state index in [1.54, 1.807) is 6.92 Å². The lowest BCUT2D eigenvalue weighted by atomic mass is 9.94. The maximum absolute atomic E-state index is 11.3. The predicted molar refractivity (Wildman–Crippen MR) is 133 cm³/mol. The molecule has 1 aliphatic carbocycles. The minimum atomic E-state index is -0.942. The average molecular weight is 461 g/mol. The standard InChI is InChI=1S/C29H32O5/c1-3-17-34-26-11-7-10-25-23(22-8-5-6-9-24(22)28(25)26)16-18-33-21-14-12-20(13-15-21)19-27(29(30)31)32-4-2/h5-15,23,27H,3-4,16-19H2,1-2H3,(H,30,31). The summed E-state index contributed by atoms with van der Waals surface area (Å²) in [5.41, 5.74) is 5.99. The van der Waals surface area contributed by atoms with E-state index in [9.17, 15) is 9.90 Å². The van der Waals surface area contributed by atoms with Gasteiger partial charge < -0.3 is 19.3 Å². The number of hydrogen-bond donors (Lipinski definition) is 1. The molecule has 3 aromatic rings. The molecule has 2 atom stereocenters. The van der Waals surface area contributed by atoms with Crippen LogP contribution in [-0.4, -0.2) is 37.0 Å². The molecule has 0 fully saturated rings. The minimum absolute atomic E-state index is 0.262. The molecule has 0 amide bonds. The van der Waals surface area contributed by atoms with Crippen LogP contribution in [0.3, 0.4) is 0 Å². The molecule has 0 saturated heterocycles. The number of carbonyl (C=O) groups is 1. The lowest BCUT2D eigenvalue weighted by Gasteiger charge is -2.16. The number of aliphatic carboxylic acids is 1. The van der Waals surface area contributed by atoms with Gasteiger partial charge in [0, 0.05) is 24.5 Å². The lowest BCUT2D eigenvalue weighted by Crippen LogP contribution is -2.26. The maximum Gasteiger partial charge on any atom is 0.333 e. The Morgan fingerprint density at radius 3 is 2.41 bits per heavy atom. The zero-order valence-electron chi connectivity index (χ0n) is 19.8. The van der Waals surface area contributed by atoms with Gasteiger partial charge in [-0.25, -0.2) is 4.79 Å². The molecular formula is C29H32O5. The highest BCUT2D eigenvalue weighted by atomic mass is 16.5. The lowest BCUT2D eigenvalue weighted by molar-refractivity contribution is -0.149. The number of hydrogen-bond acceptors (Lipinski definition) is 4. The first-order valence-corrected chi connectivity index (χ1v) is 12.0. The van der Waals surface area contributed by atoms with Crippen LogP contribution in [0.4, 0.5) is 0 Å². The molecule has 0 bridgehead atoms. The number of benzene rings is 3. The van der Waals surface area contributed by atoms with Crippen molar-refractivity contribution in [2.75, 3.05) is 19.8 Å². The van der Waals surface area contributed by atoms with Gasteiger partial charge in [0.1, 0.15) is 11.5 Å². The second-order valence-corrected chi connectivity index (χ2v) is 8.48. The van der Waals surface area contributed by atoms with Crippen LogP contribution in [0.2, 0.25) is 0 Å². The molecular weight excluding hydrogens is 428 g/mol. The highest BCUT2D eigenvalue weighted by Gasteiger charge is 2.30. The summed E-state index contributed by atoms with van der Waals surface area (Å²) >= 11 is 0. The zero-order chi connectivity index (χ0) is 23.9. The molecule has 0 aromatic heterocycles. The fourth-order valence-electron chi connectivity index (χ4n) is 4.62. The Kier molecular flexibility index (Phi) is 7.86. The Morgan fingerprint density at radius 2 is 1.68 bits per heavy atom. The summed E-state index contributed by atoms with van der Waals surface area (Å²) in [7, 11) is 0. The van der Waals surface area contributed by atoms with Gasteiger partial charge >= 0.3 is 5.97 Å². The normalized spacial score (nSPS) is 14.8. The summed E-state index contributed by atoms with van der Waals surface area (Å²) in [5.74, 6) is 1.05. The quantitative estimate of drug-likeness (QED) is 0.354. The minimum Gasteiger partial charge on any atom is -0.494 e. The largest absolute Gasteiger partial charge is 0.494 e. The highest BCUT2D eigenvalue weighted by molar-refractivity contribution is 5.83. The van der Waals surface area contributed by atoms with Crippen molar-refractivity contribution in [3.8, 4) is 22.6 Å². The van der Waals surface area contributed by atoms with Gasteiger partial charge in [-0.3, -0.25) is 0 Å². The first-order chi connectivity index (χ1) is 16.6. The van der Waals surface area contributed by atoms with Gasteiger partial charge in [-0.15, -0.1) is 0 Å². The van der Waals surface area contributed by atoms with Gasteiger partial charge in [-0.05, 0) is 60.2 Å². The van der Waals surface area contributed by atoms with Gasteiger partial charge in [-0.2, -0.15) is 0 Å². The molecule has 0 aliphatic heterocycles. The fraction of sp³-hybridized carbons (Fsp3) is 0.345. The van der Waals surface area contributed by atoms with Crippen molar-refractivity contribution in [2.24, 2.45) is 0 Å². The van der Waals surface area contributed by atoms with E-state index in [1.165, 1.54) is 22.3 Å². The summed E-state index contributed by atoms with van der Waals surface area (Å²) in [4.78, 5) is 11.3. The molecule has 178 valence electrons. The van der Waals surface area contributed by atoms with Crippen LogP contribution in [0, 0.1) is 0 Å². The van der Waals surface area contributed by atoms with Gasteiger partial charge in [0.2, 0.25) is 0 Å². The smallest absolute Gasteiger partial charge is 0.333 e. The van der Waals surface area contributed by atoms with Crippen LogP contribution >= 0.6 is 0 Å². The van der Waals surface area contributed by atoms with Crippen LogP contribution in [0.5, 0.6) is 11.5 Å². The molecule has 0 radical (unpaired) electrons. The topological polar surface area (TPSA) is 65.0 Å². The van der Waals surface area contributed by atoms with E-state index in [0.717, 1.165) is 29.9 Å². The maximum atomic E-state index is 11.3. The monoisotopic (exact) mass is 460 g/mol. The van der Waals surface area contributed by atoms with Crippen molar-refractivity contribution >= 4 is 5.97 Å². The number of rotatable bonds is 12. The van der Waals surface area contributed by atoms with Crippen molar-refractivity contribution in [2.45, 2.75) is 45.1 Å². The van der Waals surface area contributed by atoms with Gasteiger partial charge in [0.15, 0.2) is 6.10 Å². The van der Waals surface area contributed by atoms with Crippen LogP contribution in [0.1, 0.15) is 49.3 Å². The van der Waals surface area contributed by atoms with Crippen LogP contribution in [0.15, 0.2) is 66.7 Å². The van der Waals surface area contributed by atoms with Gasteiger partial charge in [-0.1, -0.05) is 55.5 Å². The van der Waals surface area contributed by atoms with E-state index in [4.69, 9.17) is 14.2 Å². The highest BCUT2D eigenvalue weighted by Crippen LogP contribution is 2.50. The van der Waals surface area contributed by atoms with Crippen LogP contribution < -0.4 is 9.47 Å². The zero-order valence-corrected chi connectivity index (χ0v) is 19.8. The molecule has 1 aliphatic rings. The third-order valence-corrected chi connectivity index (χ3v) is 6.16. The molecule has 0 heterocycles. The summed E-state index contributed by atoms with van der Waals surface area (Å²) in [6.45, 7) is 5.58. The third kappa shape index (κ3) is 5.26. The Morgan fingerprint density at radius 1 is 0.912 bits per heavy atom. The SMILES string of the molecule is CCCOc1cccc2c1-c1ccccc1C2CCOc1ccc(CC(OCC)C(=O)O)cc1. The Hall–Kier alpha value is -3.31. The number of fused-ring (bicyclic) bond motifs is 3. The Labute approximate surface area is 201 Å². The summed E-state index contributed by atoms with van der Waals surface area (Å²) < 4.78 is 17.4. The molecule has 4 rings (SSSR count). The molecule has 5 heteroatoms. The van der Waals surface area contributed by atoms with Crippen molar-refractivity contribution in [1.82, 2.24) is 0 Å². The van der Waals surface area contributed by atoms with E-state index >= 15 is 0 Å². The Bertz CT molecular complexity index is 1110. The summed E-state index contributed by atoms with van der Waals surface area (Å²) in [6, 6.07) is 22.5. The van der Waals surface area contributed by atoms with Crippen molar-refractivity contribution in [1.29, 1.82) is 0 Å². The second kappa shape index (κ2) is 11.2. The number of carboxylic acids is 1. The summed E-state index contributed by atoms with van der Waals surface area (Å²) in [6.07, 6.45) is 1.34. The molecule has 0 spiro atoms. The third-order valence-electron chi connectivity index (χ3n) is 6.16. The predicted octanol–water partition coefficient (Wildman–Crippen LogP) is 6.09. The Balaban J connectivity index is 1.42. The van der Waals surface area contributed by atoms with Crippen molar-refractivity contribution in [3.63, 3.8) is 0 Å². The molecule has 1 N–H and O–H groups in total. The van der Waals surface area contributed by atoms with E-state index in [-0.39, 0.29) is 5.92 Å². The molecule has 5 nitrogen and oxygen atoms in total. The number of carboxylic acid groups (broad SMARTS) is 1. The van der Waals surface area contributed by atoms with Crippen molar-refractivity contribution < 1.29 is 24.1 Å². The first-order valence-electron chi connectivity index (χ1n) is 12.0. The van der Waals surface area contributed by atoms with E-state index in [1.807, 2.05) is 24.3 Å². The van der Waals surface area contributed by atoms with E-state index in [0.29, 0.717) is 26.2 Å². The average Bonchev–Trinajstić information content (AvgIpc) is 3.18. The fourth-order valence-corrected chi connectivity index (χ4v) is 4.62. The van der Waals surface area contributed by atoms with E-state index in [2.05, 4.69) is 49.4 Å². The molecule has 2 unspecified atom stereocenters. The van der Waals surface area contributed by atoms with E-state index < -0.39 is 12.1 Å². The molecule has 0 saturated carbocycles. The van der Waals surface area contributed by atoms with Crippen molar-refractivity contribution in [3.05, 3.63) is 83.4 Å². The van der Waals surface area contributed by atoms with Gasteiger partial charge in [0.25, 0.3) is 0 Å². The first kappa shape index (κ1) is 23.8. The molecule has 34 heavy (non-hydrogen) atoms. The molecule has 3 aromatic carbocycles. The van der Waals surface area contributed by atoms with Crippen LogP contribution in [0.25, 0.3) is 11.1 Å².